The van der Waals surface area contributed by atoms with Gasteiger partial charge in [0.15, 0.2) is 5.17 Å². The van der Waals surface area contributed by atoms with E-state index in [9.17, 15) is 20.0 Å². The zero-order chi connectivity index (χ0) is 21.3. The van der Waals surface area contributed by atoms with E-state index in [1.165, 1.54) is 30.0 Å². The van der Waals surface area contributed by atoms with E-state index in [2.05, 4.69) is 9.89 Å². The molecule has 0 N–H and O–H groups in total. The number of hydrogen-bond acceptors (Lipinski definition) is 7. The molecular weight excluding hydrogens is 428 g/mol. The number of piperazine rings is 1. The Balaban J connectivity index is 1.43. The lowest BCUT2D eigenvalue weighted by molar-refractivity contribution is -0.398. The Labute approximate surface area is 181 Å². The number of nitrogens with zero attached hydrogens (tertiary/aromatic N) is 4. The number of nitro groups is 1. The Morgan fingerprint density at radius 1 is 1.10 bits per heavy atom. The van der Waals surface area contributed by atoms with E-state index in [-0.39, 0.29) is 5.91 Å². The van der Waals surface area contributed by atoms with Crippen molar-refractivity contribution < 1.29 is 14.8 Å². The molecule has 10 heteroatoms. The SMILES string of the molecule is O=C1N=C(N2CCN(c3cccc(Cl)c3)CC2)S/C1=C/c1ccc([O-])c([N+](=O)[O-])c1. The fraction of sp³-hybridized carbons (Fsp3) is 0.200. The van der Waals surface area contributed by atoms with Gasteiger partial charge in [-0.25, -0.2) is 0 Å². The summed E-state index contributed by atoms with van der Waals surface area (Å²) < 4.78 is 0. The average molecular weight is 444 g/mol. The van der Waals surface area contributed by atoms with Gasteiger partial charge in [0.2, 0.25) is 0 Å². The monoisotopic (exact) mass is 443 g/mol. The molecule has 0 aliphatic carbocycles. The maximum Gasteiger partial charge on any atom is 0.286 e. The van der Waals surface area contributed by atoms with Crippen LogP contribution in [0, 0.1) is 10.1 Å². The number of anilines is 1. The lowest BCUT2D eigenvalue weighted by atomic mass is 10.1. The summed E-state index contributed by atoms with van der Waals surface area (Å²) in [5, 5.41) is 23.8. The molecule has 8 nitrogen and oxygen atoms in total. The van der Waals surface area contributed by atoms with Crippen LogP contribution in [-0.4, -0.2) is 47.1 Å². The van der Waals surface area contributed by atoms with Gasteiger partial charge in [0, 0.05) is 43.0 Å². The Bertz CT molecular complexity index is 1080. The summed E-state index contributed by atoms with van der Waals surface area (Å²) in [6, 6.07) is 11.5. The second-order valence-electron chi connectivity index (χ2n) is 6.75. The van der Waals surface area contributed by atoms with E-state index >= 15 is 0 Å². The molecule has 2 aliphatic heterocycles. The summed E-state index contributed by atoms with van der Waals surface area (Å²) in [6.45, 7) is 2.94. The Morgan fingerprint density at radius 3 is 2.53 bits per heavy atom. The Morgan fingerprint density at radius 2 is 1.83 bits per heavy atom. The number of amidine groups is 1. The number of carbonyl (C=O) groups excluding carboxylic acids is 1. The van der Waals surface area contributed by atoms with Gasteiger partial charge in [-0.15, -0.1) is 0 Å². The zero-order valence-corrected chi connectivity index (χ0v) is 17.2. The molecule has 0 atom stereocenters. The van der Waals surface area contributed by atoms with E-state index in [0.717, 1.165) is 24.8 Å². The number of carbonyl (C=O) groups is 1. The molecule has 4 rings (SSSR count). The van der Waals surface area contributed by atoms with Crippen LogP contribution in [0.15, 0.2) is 52.4 Å². The minimum Gasteiger partial charge on any atom is -0.868 e. The predicted octanol–water partition coefficient (Wildman–Crippen LogP) is 3.11. The molecule has 0 spiro atoms. The molecule has 0 aromatic heterocycles. The molecule has 154 valence electrons. The van der Waals surface area contributed by atoms with Crippen LogP contribution in [0.3, 0.4) is 0 Å². The standard InChI is InChI=1S/C20H17ClN4O4S/c21-14-2-1-3-15(12-14)23-6-8-24(9-7-23)20-22-19(27)18(30-20)11-13-4-5-17(26)16(10-13)25(28)29/h1-5,10-12,26H,6-9H2/p-1/b18-11+. The van der Waals surface area contributed by atoms with Gasteiger partial charge in [0.05, 0.1) is 9.83 Å². The highest BCUT2D eigenvalue weighted by molar-refractivity contribution is 8.18. The summed E-state index contributed by atoms with van der Waals surface area (Å²) in [7, 11) is 0. The lowest BCUT2D eigenvalue weighted by Gasteiger charge is -2.36. The van der Waals surface area contributed by atoms with E-state index < -0.39 is 16.4 Å². The van der Waals surface area contributed by atoms with Gasteiger partial charge in [-0.1, -0.05) is 29.8 Å². The molecule has 2 aliphatic rings. The third-order valence-electron chi connectivity index (χ3n) is 4.81. The molecule has 0 bridgehead atoms. The zero-order valence-electron chi connectivity index (χ0n) is 15.7. The number of rotatable bonds is 3. The summed E-state index contributed by atoms with van der Waals surface area (Å²) in [5.74, 6) is -1.05. The molecule has 1 saturated heterocycles. The van der Waals surface area contributed by atoms with Gasteiger partial charge in [-0.3, -0.25) is 14.9 Å². The van der Waals surface area contributed by atoms with Crippen LogP contribution in [0.4, 0.5) is 11.4 Å². The summed E-state index contributed by atoms with van der Waals surface area (Å²) in [6.07, 6.45) is 1.53. The van der Waals surface area contributed by atoms with Crippen molar-refractivity contribution in [1.29, 1.82) is 0 Å². The van der Waals surface area contributed by atoms with Crippen molar-refractivity contribution in [2.24, 2.45) is 4.99 Å². The van der Waals surface area contributed by atoms with Gasteiger partial charge in [-0.05, 0) is 47.3 Å². The van der Waals surface area contributed by atoms with Gasteiger partial charge in [-0.2, -0.15) is 4.99 Å². The number of aliphatic imine (C=N–C) groups is 1. The van der Waals surface area contributed by atoms with E-state index in [1.807, 2.05) is 29.2 Å². The third-order valence-corrected chi connectivity index (χ3v) is 6.09. The van der Waals surface area contributed by atoms with Crippen molar-refractivity contribution in [1.82, 2.24) is 4.90 Å². The average Bonchev–Trinajstić information content (AvgIpc) is 3.09. The van der Waals surface area contributed by atoms with Gasteiger partial charge in [0.1, 0.15) is 0 Å². The second-order valence-corrected chi connectivity index (χ2v) is 8.19. The molecule has 1 amide bonds. The van der Waals surface area contributed by atoms with Crippen molar-refractivity contribution in [2.75, 3.05) is 31.1 Å². The molecule has 30 heavy (non-hydrogen) atoms. The molecular formula is C20H16ClN4O4S-. The minimum atomic E-state index is -0.727. The molecule has 2 heterocycles. The summed E-state index contributed by atoms with van der Waals surface area (Å²) in [4.78, 5) is 31.3. The number of thioether (sulfide) groups is 1. The fourth-order valence-electron chi connectivity index (χ4n) is 3.28. The number of benzene rings is 2. The molecule has 0 saturated carbocycles. The maximum atomic E-state index is 12.3. The third kappa shape index (κ3) is 4.27. The van der Waals surface area contributed by atoms with Crippen molar-refractivity contribution in [3.05, 3.63) is 68.1 Å². The van der Waals surface area contributed by atoms with Crippen LogP contribution in [-0.2, 0) is 4.79 Å². The molecule has 2 aromatic carbocycles. The summed E-state index contributed by atoms with van der Waals surface area (Å²) in [5.41, 5.74) is 0.959. The first kappa shape index (κ1) is 20.2. The highest BCUT2D eigenvalue weighted by atomic mass is 35.5. The highest BCUT2D eigenvalue weighted by Crippen LogP contribution is 2.33. The first-order valence-corrected chi connectivity index (χ1v) is 10.3. The molecule has 0 radical (unpaired) electrons. The normalized spacial score (nSPS) is 18.1. The van der Waals surface area contributed by atoms with Crippen LogP contribution in [0.2, 0.25) is 5.02 Å². The highest BCUT2D eigenvalue weighted by Gasteiger charge is 2.28. The molecule has 2 aromatic rings. The predicted molar refractivity (Wildman–Crippen MR) is 116 cm³/mol. The van der Waals surface area contributed by atoms with E-state index in [1.54, 1.807) is 0 Å². The van der Waals surface area contributed by atoms with Gasteiger partial charge >= 0.3 is 0 Å². The van der Waals surface area contributed by atoms with Crippen LogP contribution < -0.4 is 10.0 Å². The number of amides is 1. The first-order chi connectivity index (χ1) is 14.4. The Kier molecular flexibility index (Phi) is 5.65. The largest absolute Gasteiger partial charge is 0.868 e. The van der Waals surface area contributed by atoms with Crippen LogP contribution in [0.5, 0.6) is 5.75 Å². The van der Waals surface area contributed by atoms with Crippen molar-refractivity contribution in [2.45, 2.75) is 0 Å². The van der Waals surface area contributed by atoms with Crippen LogP contribution in [0.1, 0.15) is 5.56 Å². The van der Waals surface area contributed by atoms with Crippen molar-refractivity contribution in [3.8, 4) is 5.75 Å². The number of hydrogen-bond donors (Lipinski definition) is 0. The molecule has 1 fully saturated rings. The molecule has 0 unspecified atom stereocenters. The first-order valence-electron chi connectivity index (χ1n) is 9.14. The van der Waals surface area contributed by atoms with E-state index in [0.29, 0.717) is 33.7 Å². The summed E-state index contributed by atoms with van der Waals surface area (Å²) >= 11 is 7.31. The lowest BCUT2D eigenvalue weighted by Crippen LogP contribution is -2.47. The topological polar surface area (TPSA) is 102 Å². The van der Waals surface area contributed by atoms with Crippen molar-refractivity contribution in [3.63, 3.8) is 0 Å². The number of halogens is 1. The fourth-order valence-corrected chi connectivity index (χ4v) is 4.43. The maximum absolute atomic E-state index is 12.3. The minimum absolute atomic E-state index is 0.371. The smallest absolute Gasteiger partial charge is 0.286 e. The van der Waals surface area contributed by atoms with Crippen LogP contribution >= 0.6 is 23.4 Å². The second kappa shape index (κ2) is 8.37. The van der Waals surface area contributed by atoms with Crippen LogP contribution in [0.25, 0.3) is 6.08 Å². The van der Waals surface area contributed by atoms with Gasteiger partial charge < -0.3 is 14.9 Å². The number of nitro benzene ring substituents is 1. The Hall–Kier alpha value is -3.04. The quantitative estimate of drug-likeness (QED) is 0.408. The van der Waals surface area contributed by atoms with Crippen molar-refractivity contribution >= 4 is 51.9 Å². The van der Waals surface area contributed by atoms with E-state index in [4.69, 9.17) is 11.6 Å². The van der Waals surface area contributed by atoms with Gasteiger partial charge in [0.25, 0.3) is 11.6 Å².